The number of aromatic carboxylic acids is 1. The molecular formula is C24H32F3N3O6S. The summed E-state index contributed by atoms with van der Waals surface area (Å²) in [5.41, 5.74) is 1.12. The highest BCUT2D eigenvalue weighted by atomic mass is 32.2. The third kappa shape index (κ3) is 10.3. The normalized spacial score (nSPS) is 11.6. The SMILES string of the molecule is CCc1ccc(S(=O)(=O)Nc2cnc(N(CC(C)C)CC(C)C)c(C(=O)O)c2)cc1.O=C(O)C(F)(F)F. The van der Waals surface area contributed by atoms with Crippen molar-refractivity contribution in [2.45, 2.75) is 52.1 Å². The first-order valence-corrected chi connectivity index (χ1v) is 12.9. The summed E-state index contributed by atoms with van der Waals surface area (Å²) in [6.07, 6.45) is -2.91. The summed E-state index contributed by atoms with van der Waals surface area (Å²) in [5, 5.41) is 16.9. The van der Waals surface area contributed by atoms with Gasteiger partial charge in [-0.3, -0.25) is 4.72 Å². The van der Waals surface area contributed by atoms with E-state index in [0.717, 1.165) is 12.0 Å². The molecule has 0 spiro atoms. The van der Waals surface area contributed by atoms with Gasteiger partial charge in [-0.15, -0.1) is 0 Å². The number of hydrogen-bond acceptors (Lipinski definition) is 6. The Hall–Kier alpha value is -3.35. The van der Waals surface area contributed by atoms with E-state index < -0.39 is 28.1 Å². The Morgan fingerprint density at radius 3 is 1.89 bits per heavy atom. The van der Waals surface area contributed by atoms with Gasteiger partial charge in [-0.05, 0) is 42.0 Å². The van der Waals surface area contributed by atoms with Gasteiger partial charge in [0.2, 0.25) is 0 Å². The van der Waals surface area contributed by atoms with Gasteiger partial charge < -0.3 is 15.1 Å². The lowest BCUT2D eigenvalue weighted by Gasteiger charge is -2.28. The molecule has 9 nitrogen and oxygen atoms in total. The molecule has 0 atom stereocenters. The first kappa shape index (κ1) is 31.7. The van der Waals surface area contributed by atoms with Gasteiger partial charge in [-0.25, -0.2) is 23.0 Å². The van der Waals surface area contributed by atoms with Crippen LogP contribution in [0.4, 0.5) is 24.7 Å². The number of alkyl halides is 3. The Balaban J connectivity index is 0.000000856. The number of benzene rings is 1. The van der Waals surface area contributed by atoms with Crippen molar-refractivity contribution in [1.82, 2.24) is 4.98 Å². The third-order valence-electron chi connectivity index (χ3n) is 4.70. The molecule has 0 aliphatic heterocycles. The molecule has 0 bridgehead atoms. The number of sulfonamides is 1. The van der Waals surface area contributed by atoms with Crippen molar-refractivity contribution in [3.05, 3.63) is 47.7 Å². The standard InChI is InChI=1S/C22H31N3O4S.C2HF3O2/c1-6-17-7-9-19(10-8-17)30(28,29)24-18-11-20(22(26)27)21(23-12-18)25(13-15(2)3)14-16(4)5;3-2(4,5)1(6)7/h7-12,15-16,24H,6,13-14H2,1-5H3,(H,26,27);(H,6,7). The van der Waals surface area contributed by atoms with Crippen LogP contribution in [-0.4, -0.2) is 54.8 Å². The van der Waals surface area contributed by atoms with Crippen LogP contribution >= 0.6 is 0 Å². The van der Waals surface area contributed by atoms with Crippen LogP contribution in [0.3, 0.4) is 0 Å². The minimum atomic E-state index is -5.08. The first-order chi connectivity index (χ1) is 17.0. The molecule has 0 radical (unpaired) electrons. The third-order valence-corrected chi connectivity index (χ3v) is 6.10. The van der Waals surface area contributed by atoms with Crippen molar-refractivity contribution in [1.29, 1.82) is 0 Å². The second-order valence-electron chi connectivity index (χ2n) is 9.00. The second-order valence-corrected chi connectivity index (χ2v) is 10.7. The number of hydrogen-bond donors (Lipinski definition) is 3. The number of pyridine rings is 1. The maximum Gasteiger partial charge on any atom is 0.490 e. The minimum Gasteiger partial charge on any atom is -0.478 e. The van der Waals surface area contributed by atoms with E-state index in [9.17, 15) is 31.5 Å². The van der Waals surface area contributed by atoms with Crippen LogP contribution in [0.25, 0.3) is 0 Å². The van der Waals surface area contributed by atoms with Gasteiger partial charge in [0.25, 0.3) is 10.0 Å². The lowest BCUT2D eigenvalue weighted by Crippen LogP contribution is -2.33. The lowest BCUT2D eigenvalue weighted by molar-refractivity contribution is -0.192. The van der Waals surface area contributed by atoms with Crippen molar-refractivity contribution in [2.24, 2.45) is 11.8 Å². The van der Waals surface area contributed by atoms with Crippen LogP contribution in [0.1, 0.15) is 50.5 Å². The van der Waals surface area contributed by atoms with Gasteiger partial charge in [0.15, 0.2) is 0 Å². The van der Waals surface area contributed by atoms with Crippen LogP contribution in [0.15, 0.2) is 41.4 Å². The van der Waals surface area contributed by atoms with E-state index in [1.165, 1.54) is 24.4 Å². The Kier molecular flexibility index (Phi) is 11.4. The van der Waals surface area contributed by atoms with Crippen molar-refractivity contribution >= 4 is 33.5 Å². The Morgan fingerprint density at radius 1 is 1.03 bits per heavy atom. The van der Waals surface area contributed by atoms with E-state index in [1.807, 2.05) is 11.8 Å². The molecule has 0 saturated heterocycles. The number of carbonyl (C=O) groups is 2. The van der Waals surface area contributed by atoms with E-state index >= 15 is 0 Å². The van der Waals surface area contributed by atoms with Crippen molar-refractivity contribution in [2.75, 3.05) is 22.7 Å². The highest BCUT2D eigenvalue weighted by molar-refractivity contribution is 7.92. The number of nitrogens with one attached hydrogen (secondary N) is 1. The zero-order chi connectivity index (χ0) is 28.6. The number of aryl methyl sites for hydroxylation is 1. The molecule has 0 amide bonds. The number of anilines is 2. The summed E-state index contributed by atoms with van der Waals surface area (Å²) in [4.78, 5) is 27.2. The number of halogens is 3. The molecule has 0 saturated carbocycles. The van der Waals surface area contributed by atoms with Gasteiger partial charge in [-0.1, -0.05) is 46.8 Å². The highest BCUT2D eigenvalue weighted by Crippen LogP contribution is 2.25. The molecule has 206 valence electrons. The molecule has 0 fully saturated rings. The summed E-state index contributed by atoms with van der Waals surface area (Å²) in [6, 6.07) is 7.92. The average molecular weight is 548 g/mol. The summed E-state index contributed by atoms with van der Waals surface area (Å²) in [5.74, 6) is -2.93. The van der Waals surface area contributed by atoms with Crippen molar-refractivity contribution in [3.63, 3.8) is 0 Å². The summed E-state index contributed by atoms with van der Waals surface area (Å²) in [6.45, 7) is 11.5. The molecule has 1 aromatic carbocycles. The second kappa shape index (κ2) is 13.3. The Bertz CT molecular complexity index is 1160. The summed E-state index contributed by atoms with van der Waals surface area (Å²) < 4.78 is 59.6. The summed E-state index contributed by atoms with van der Waals surface area (Å²) in [7, 11) is -3.85. The Labute approximate surface area is 214 Å². The fourth-order valence-electron chi connectivity index (χ4n) is 3.17. The smallest absolute Gasteiger partial charge is 0.478 e. The average Bonchev–Trinajstić information content (AvgIpc) is 2.77. The van der Waals surface area contributed by atoms with E-state index in [-0.39, 0.29) is 16.1 Å². The number of carboxylic acids is 2. The molecule has 1 heterocycles. The van der Waals surface area contributed by atoms with Crippen LogP contribution in [0.2, 0.25) is 0 Å². The quantitative estimate of drug-likeness (QED) is 0.382. The predicted molar refractivity (Wildman–Crippen MR) is 133 cm³/mol. The van der Waals surface area contributed by atoms with Gasteiger partial charge >= 0.3 is 18.1 Å². The monoisotopic (exact) mass is 547 g/mol. The van der Waals surface area contributed by atoms with Crippen molar-refractivity contribution in [3.8, 4) is 0 Å². The Morgan fingerprint density at radius 2 is 1.51 bits per heavy atom. The first-order valence-electron chi connectivity index (χ1n) is 11.4. The van der Waals surface area contributed by atoms with Crippen molar-refractivity contribution < 1.29 is 41.4 Å². The zero-order valence-corrected chi connectivity index (χ0v) is 22.0. The van der Waals surface area contributed by atoms with Gasteiger partial charge in [0, 0.05) is 13.1 Å². The minimum absolute atomic E-state index is 0.0298. The zero-order valence-electron chi connectivity index (χ0n) is 21.2. The number of nitrogens with zero attached hydrogens (tertiary/aromatic N) is 2. The fourth-order valence-corrected chi connectivity index (χ4v) is 4.20. The fraction of sp³-hybridized carbons (Fsp3) is 0.458. The summed E-state index contributed by atoms with van der Waals surface area (Å²) >= 11 is 0. The van der Waals surface area contributed by atoms with E-state index in [4.69, 9.17) is 9.90 Å². The molecule has 3 N–H and O–H groups in total. The van der Waals surface area contributed by atoms with Crippen LogP contribution in [-0.2, 0) is 21.2 Å². The molecular weight excluding hydrogens is 515 g/mol. The largest absolute Gasteiger partial charge is 0.490 e. The molecule has 2 aromatic rings. The molecule has 0 aliphatic rings. The number of carboxylic acid groups (broad SMARTS) is 2. The maximum absolute atomic E-state index is 12.7. The molecule has 0 unspecified atom stereocenters. The van der Waals surface area contributed by atoms with Gasteiger partial charge in [0.1, 0.15) is 11.4 Å². The molecule has 2 rings (SSSR count). The maximum atomic E-state index is 12.7. The van der Waals surface area contributed by atoms with Crippen LogP contribution in [0, 0.1) is 11.8 Å². The number of rotatable bonds is 10. The van der Waals surface area contributed by atoms with E-state index in [0.29, 0.717) is 30.7 Å². The molecule has 37 heavy (non-hydrogen) atoms. The lowest BCUT2D eigenvalue weighted by atomic mass is 10.1. The molecule has 13 heteroatoms. The highest BCUT2D eigenvalue weighted by Gasteiger charge is 2.38. The van der Waals surface area contributed by atoms with Gasteiger partial charge in [0.05, 0.1) is 16.8 Å². The van der Waals surface area contributed by atoms with E-state index in [2.05, 4.69) is 37.4 Å². The molecule has 1 aromatic heterocycles. The number of aliphatic carboxylic acids is 1. The topological polar surface area (TPSA) is 137 Å². The van der Waals surface area contributed by atoms with Crippen LogP contribution in [0.5, 0.6) is 0 Å². The predicted octanol–water partition coefficient (Wildman–Crippen LogP) is 4.89. The molecule has 0 aliphatic carbocycles. The van der Waals surface area contributed by atoms with E-state index in [1.54, 1.807) is 12.1 Å². The van der Waals surface area contributed by atoms with Crippen LogP contribution < -0.4 is 9.62 Å². The number of aromatic nitrogens is 1. The van der Waals surface area contributed by atoms with Gasteiger partial charge in [-0.2, -0.15) is 13.2 Å².